The van der Waals surface area contributed by atoms with Crippen LogP contribution < -0.4 is 0 Å². The fraction of sp³-hybridized carbons (Fsp3) is 0.755. The van der Waals surface area contributed by atoms with Crippen LogP contribution >= 0.6 is 0 Å². The van der Waals surface area contributed by atoms with E-state index in [1.54, 1.807) is 40.9 Å². The number of carbonyl (C=O) groups excluding carboxylic acids is 5. The molecule has 0 aromatic carbocycles. The minimum atomic E-state index is -3.27. The van der Waals surface area contributed by atoms with Crippen LogP contribution in [0.3, 0.4) is 0 Å². The van der Waals surface area contributed by atoms with Gasteiger partial charge in [0, 0.05) is 58.5 Å². The Balaban J connectivity index is 1.70. The number of piperidine rings is 1. The highest BCUT2D eigenvalue weighted by Gasteiger charge is 2.53. The molecule has 0 radical (unpaired) electrons. The first kappa shape index (κ1) is 51.0. The highest BCUT2D eigenvalue weighted by Crippen LogP contribution is 2.38. The van der Waals surface area contributed by atoms with Crippen LogP contribution in [-0.4, -0.2) is 145 Å². The summed E-state index contributed by atoms with van der Waals surface area (Å²) in [5, 5.41) is 33.3. The fourth-order valence-electron chi connectivity index (χ4n) is 10.3. The van der Waals surface area contributed by atoms with Gasteiger partial charge in [-0.2, -0.15) is 0 Å². The Bertz CT molecular complexity index is 1990. The summed E-state index contributed by atoms with van der Waals surface area (Å²) in [6.07, 6.45) is 8.68. The molecule has 2 bridgehead atoms. The number of nitrogens with zero attached hydrogens (tertiary/aromatic N) is 1. The highest BCUT2D eigenvalue weighted by molar-refractivity contribution is 6.39. The first-order valence-corrected chi connectivity index (χ1v) is 24.6. The zero-order chi connectivity index (χ0) is 53.9. The normalized spacial score (nSPS) is 40.5. The Labute approximate surface area is 410 Å². The van der Waals surface area contributed by atoms with E-state index < -0.39 is 109 Å². The standard InChI is InChI=1S/C53H83NO14/c1-32-16-12-11-13-17-33(2)44(63-8)30-40-21-19-38(7)53(62,68-40)50(59)51(60)54-23-15-14-18-41(54)52(61)67-45(35(4)28-39-20-22-43(66-25-24-55)46(29-39)64-9)31-42(56)34(3)27-37(6)48(58)49(65-10)47(57)36(5)26-32/h11-13,16-17,27,32,34-36,38-41,43-46,48-49,55,58,62H,14-15,18-26,28-31H2,1-10H3/b13-11+,16-12-,33-17+,37-27+/t32-,34-,35-,36-,38-,39+,40+,41+,43-,44+,45+,46-,48-,49+,53-/m1/s1/i24+1D2,25+1D2. The third-order valence-electron chi connectivity index (χ3n) is 14.7. The number of amides is 1. The van der Waals surface area contributed by atoms with Crippen molar-refractivity contribution in [2.45, 2.75) is 180 Å². The van der Waals surface area contributed by atoms with Crippen LogP contribution in [0.1, 0.15) is 131 Å². The molecule has 0 spiro atoms. The average Bonchev–Trinajstić information content (AvgIpc) is 3.32. The first-order chi connectivity index (χ1) is 33.7. The number of esters is 1. The lowest BCUT2D eigenvalue weighted by Gasteiger charge is -2.42. The van der Waals surface area contributed by atoms with Gasteiger partial charge in [-0.3, -0.25) is 19.2 Å². The van der Waals surface area contributed by atoms with Gasteiger partial charge in [0.05, 0.1) is 43.0 Å². The fourth-order valence-corrected chi connectivity index (χ4v) is 10.3. The summed E-state index contributed by atoms with van der Waals surface area (Å²) in [7, 11) is 4.33. The van der Waals surface area contributed by atoms with Gasteiger partial charge in [-0.05, 0) is 107 Å². The van der Waals surface area contributed by atoms with Gasteiger partial charge >= 0.3 is 5.97 Å². The molecule has 15 nitrogen and oxygen atoms in total. The Morgan fingerprint density at radius 1 is 0.882 bits per heavy atom. The molecule has 0 aromatic heterocycles. The van der Waals surface area contributed by atoms with E-state index in [-0.39, 0.29) is 55.6 Å². The van der Waals surface area contributed by atoms with Crippen molar-refractivity contribution < 1.29 is 73.2 Å². The number of methoxy groups -OCH3 is 3. The highest BCUT2D eigenvalue weighted by atomic mass is 16.6. The molecule has 4 aliphatic rings. The molecule has 4 rings (SSSR count). The minimum absolute atomic E-state index is 0.0148. The molecule has 384 valence electrons. The van der Waals surface area contributed by atoms with Crippen LogP contribution in [0.25, 0.3) is 0 Å². The SMILES string of the molecule is [2H][13C]([2H])(O)[13C]([2H])([2H])O[C@@H]1CC[C@@H](C[C@@H](C)[C@@H]2CC(=O)[C@H](C)/C=C(\C)[C@@H](O)[C@@H](OC)C(=O)[C@H](C)C[C@H](C)\C=C/C=C/C=C(\C)[C@@H](OC)C[C@@H]3CC[C@@H](C)[C@@](O)(O3)C(=O)C(=O)N3CCCC[C@H]3C(=O)O2)C[C@H]1OC. The van der Waals surface area contributed by atoms with Crippen LogP contribution in [-0.2, 0) is 52.4 Å². The van der Waals surface area contributed by atoms with E-state index in [0.29, 0.717) is 56.9 Å². The Morgan fingerprint density at radius 3 is 2.29 bits per heavy atom. The third kappa shape index (κ3) is 15.3. The second-order valence-corrected chi connectivity index (χ2v) is 19.9. The number of cyclic esters (lactones) is 1. The predicted octanol–water partition coefficient (Wildman–Crippen LogP) is 6.20. The van der Waals surface area contributed by atoms with Crippen molar-refractivity contribution in [2.24, 2.45) is 35.5 Å². The maximum absolute atomic E-state index is 14.5. The molecular weight excluding hydrogens is 877 g/mol. The summed E-state index contributed by atoms with van der Waals surface area (Å²) < 4.78 is 65.9. The van der Waals surface area contributed by atoms with Gasteiger partial charge in [0.2, 0.25) is 5.79 Å². The number of hydrogen-bond donors (Lipinski definition) is 3. The number of rotatable bonds is 9. The molecule has 0 aromatic rings. The molecule has 3 heterocycles. The van der Waals surface area contributed by atoms with Crippen molar-refractivity contribution in [1.82, 2.24) is 4.90 Å². The lowest BCUT2D eigenvalue weighted by molar-refractivity contribution is -0.265. The number of ether oxygens (including phenoxy) is 6. The summed E-state index contributed by atoms with van der Waals surface area (Å²) in [6.45, 7) is 6.12. The van der Waals surface area contributed by atoms with E-state index in [1.165, 1.54) is 14.2 Å². The van der Waals surface area contributed by atoms with Crippen LogP contribution in [0.5, 0.6) is 0 Å². The molecule has 68 heavy (non-hydrogen) atoms. The van der Waals surface area contributed by atoms with Crippen LogP contribution in [0, 0.1) is 35.5 Å². The molecule has 3 aliphatic heterocycles. The van der Waals surface area contributed by atoms with Crippen molar-refractivity contribution in [3.05, 3.63) is 47.6 Å². The number of aliphatic hydroxyl groups excluding tert-OH is 1. The number of Topliss-reactive ketones (excluding diaryl/α,β-unsaturated/α-hetero) is 3. The molecule has 0 unspecified atom stereocenters. The topological polar surface area (TPSA) is 205 Å². The second-order valence-electron chi connectivity index (χ2n) is 19.9. The first-order valence-electron chi connectivity index (χ1n) is 26.6. The summed E-state index contributed by atoms with van der Waals surface area (Å²) >= 11 is 0. The van der Waals surface area contributed by atoms with Crippen LogP contribution in [0.15, 0.2) is 47.6 Å². The Hall–Kier alpha value is -3.41. The van der Waals surface area contributed by atoms with Crippen molar-refractivity contribution in [2.75, 3.05) is 41.0 Å². The van der Waals surface area contributed by atoms with Crippen molar-refractivity contribution in [1.29, 1.82) is 0 Å². The predicted molar refractivity (Wildman–Crippen MR) is 256 cm³/mol. The Morgan fingerprint density at radius 2 is 1.62 bits per heavy atom. The van der Waals surface area contributed by atoms with Gasteiger partial charge in [-0.25, -0.2) is 4.79 Å². The van der Waals surface area contributed by atoms with Crippen molar-refractivity contribution in [3.63, 3.8) is 0 Å². The average molecular weight is 964 g/mol. The van der Waals surface area contributed by atoms with Gasteiger partial charge in [0.25, 0.3) is 11.7 Å². The molecule has 3 N–H and O–H groups in total. The summed E-state index contributed by atoms with van der Waals surface area (Å²) in [6, 6.07) is -1.22. The van der Waals surface area contributed by atoms with E-state index in [1.807, 2.05) is 51.2 Å². The number of fused-ring (bicyclic) bond motifs is 3. The maximum Gasteiger partial charge on any atom is 0.329 e. The third-order valence-corrected chi connectivity index (χ3v) is 14.7. The molecule has 15 heteroatoms. The molecule has 1 amide bonds. The summed E-state index contributed by atoms with van der Waals surface area (Å²) in [5.74, 6) is -8.91. The number of ketones is 3. The zero-order valence-electron chi connectivity index (χ0n) is 46.0. The number of allylic oxidation sites excluding steroid dienone is 6. The molecular formula is C53H83NO14. The van der Waals surface area contributed by atoms with E-state index in [4.69, 9.17) is 33.9 Å². The smallest absolute Gasteiger partial charge is 0.329 e. The maximum atomic E-state index is 14.5. The van der Waals surface area contributed by atoms with Gasteiger partial charge in [0.15, 0.2) is 5.78 Å². The molecule has 1 aliphatic carbocycles. The van der Waals surface area contributed by atoms with Gasteiger partial charge in [0.1, 0.15) is 30.1 Å². The van der Waals surface area contributed by atoms with E-state index in [9.17, 15) is 39.3 Å². The van der Waals surface area contributed by atoms with E-state index in [2.05, 4.69) is 0 Å². The molecule has 15 atom stereocenters. The van der Waals surface area contributed by atoms with Gasteiger partial charge in [-0.15, -0.1) is 0 Å². The van der Waals surface area contributed by atoms with Crippen molar-refractivity contribution >= 4 is 29.2 Å². The van der Waals surface area contributed by atoms with Crippen LogP contribution in [0.4, 0.5) is 0 Å². The number of hydrogen-bond acceptors (Lipinski definition) is 14. The largest absolute Gasteiger partial charge is 0.460 e. The second kappa shape index (κ2) is 27.3. The Kier molecular flexibility index (Phi) is 20.4. The summed E-state index contributed by atoms with van der Waals surface area (Å²) in [5.41, 5.74) is 1.19. The van der Waals surface area contributed by atoms with Crippen LogP contribution in [0.2, 0.25) is 0 Å². The summed E-state index contributed by atoms with van der Waals surface area (Å²) in [4.78, 5) is 72.3. The minimum Gasteiger partial charge on any atom is -0.460 e. The number of carbonyl (C=O) groups is 5. The lowest BCUT2D eigenvalue weighted by Crippen LogP contribution is -2.61. The zero-order valence-corrected chi connectivity index (χ0v) is 42.0. The molecule has 1 saturated carbocycles. The van der Waals surface area contributed by atoms with E-state index >= 15 is 0 Å². The van der Waals surface area contributed by atoms with Gasteiger partial charge < -0.3 is 48.6 Å². The lowest BCUT2D eigenvalue weighted by atomic mass is 9.78. The number of aliphatic hydroxyl groups is 3. The molecule has 2 saturated heterocycles. The quantitative estimate of drug-likeness (QED) is 0.102. The van der Waals surface area contributed by atoms with E-state index in [0.717, 1.165) is 10.5 Å². The monoisotopic (exact) mass is 964 g/mol. The van der Waals surface area contributed by atoms with Gasteiger partial charge in [-0.1, -0.05) is 71.1 Å². The molecule has 3 fully saturated rings. The van der Waals surface area contributed by atoms with Crippen molar-refractivity contribution in [3.8, 4) is 0 Å².